The maximum atomic E-state index is 12.7. The lowest BCUT2D eigenvalue weighted by Gasteiger charge is -2.30. The molecule has 0 fully saturated rings. The predicted octanol–water partition coefficient (Wildman–Crippen LogP) is 0.246. The van der Waals surface area contributed by atoms with Crippen LogP contribution in [-0.4, -0.2) is 60.5 Å². The van der Waals surface area contributed by atoms with Crippen molar-refractivity contribution < 1.29 is 24.5 Å². The molecule has 1 aromatic rings. The van der Waals surface area contributed by atoms with Gasteiger partial charge < -0.3 is 25.6 Å². The fraction of sp³-hybridized carbons (Fsp3) is 0.579. The zero-order valence-electron chi connectivity index (χ0n) is 15.7. The number of ether oxygens (including phenoxy) is 1. The van der Waals surface area contributed by atoms with E-state index in [-0.39, 0.29) is 31.3 Å². The van der Waals surface area contributed by atoms with Crippen LogP contribution in [0.5, 0.6) is 0 Å². The Morgan fingerprint density at radius 2 is 1.88 bits per heavy atom. The van der Waals surface area contributed by atoms with Crippen LogP contribution in [-0.2, 0) is 20.7 Å². The topological polar surface area (TPSA) is 108 Å². The summed E-state index contributed by atoms with van der Waals surface area (Å²) >= 11 is 0. The highest BCUT2D eigenvalue weighted by molar-refractivity contribution is 5.91. The van der Waals surface area contributed by atoms with Crippen molar-refractivity contribution in [3.8, 4) is 0 Å². The average Bonchev–Trinajstić information content (AvgIpc) is 2.60. The first-order valence-electron chi connectivity index (χ1n) is 8.79. The van der Waals surface area contributed by atoms with Crippen LogP contribution in [0.15, 0.2) is 30.3 Å². The number of benzene rings is 1. The Morgan fingerprint density at radius 1 is 1.23 bits per heavy atom. The molecule has 26 heavy (non-hydrogen) atoms. The molecule has 0 heterocycles. The fourth-order valence-electron chi connectivity index (χ4n) is 2.60. The van der Waals surface area contributed by atoms with E-state index >= 15 is 0 Å². The molecule has 0 bridgehead atoms. The summed E-state index contributed by atoms with van der Waals surface area (Å²) in [5.74, 6) is -1.18. The summed E-state index contributed by atoms with van der Waals surface area (Å²) in [6, 6.07) is 8.27. The van der Waals surface area contributed by atoms with Gasteiger partial charge in [0, 0.05) is 33.1 Å². The van der Waals surface area contributed by atoms with Crippen molar-refractivity contribution in [3.05, 3.63) is 35.9 Å². The van der Waals surface area contributed by atoms with E-state index < -0.39 is 17.6 Å². The minimum atomic E-state index is -1.80. The summed E-state index contributed by atoms with van der Waals surface area (Å²) in [6.45, 7) is 3.97. The van der Waals surface area contributed by atoms with Crippen molar-refractivity contribution in [3.63, 3.8) is 0 Å². The van der Waals surface area contributed by atoms with Crippen LogP contribution in [0.25, 0.3) is 0 Å². The Bertz CT molecular complexity index is 564. The molecular weight excluding hydrogens is 336 g/mol. The Labute approximate surface area is 154 Å². The van der Waals surface area contributed by atoms with E-state index in [4.69, 9.17) is 4.74 Å². The summed E-state index contributed by atoms with van der Waals surface area (Å²) in [6.07, 6.45) is -0.0693. The molecule has 146 valence electrons. The molecule has 7 nitrogen and oxygen atoms in total. The van der Waals surface area contributed by atoms with Gasteiger partial charge in [-0.15, -0.1) is 0 Å². The third-order valence-corrected chi connectivity index (χ3v) is 4.13. The lowest BCUT2D eigenvalue weighted by atomic mass is 9.89. The normalized spacial score (nSPS) is 14.5. The number of rotatable bonds is 11. The van der Waals surface area contributed by atoms with Gasteiger partial charge in [-0.3, -0.25) is 9.59 Å². The van der Waals surface area contributed by atoms with Crippen molar-refractivity contribution in [2.75, 3.05) is 26.9 Å². The molecule has 0 aliphatic rings. The zero-order chi connectivity index (χ0) is 19.6. The summed E-state index contributed by atoms with van der Waals surface area (Å²) in [5, 5.41) is 25.5. The molecule has 0 spiro atoms. The number of carbonyl (C=O) groups excluding carboxylic acids is 2. The van der Waals surface area contributed by atoms with Gasteiger partial charge in [0.1, 0.15) is 11.6 Å². The Balaban J connectivity index is 2.86. The van der Waals surface area contributed by atoms with Gasteiger partial charge in [0.25, 0.3) is 5.91 Å². The molecule has 2 atom stereocenters. The van der Waals surface area contributed by atoms with Crippen LogP contribution >= 0.6 is 0 Å². The molecule has 0 aliphatic carbocycles. The Hall–Kier alpha value is -1.96. The highest BCUT2D eigenvalue weighted by Crippen LogP contribution is 2.19. The summed E-state index contributed by atoms with van der Waals surface area (Å²) < 4.78 is 4.90. The maximum Gasteiger partial charge on any atom is 0.253 e. The van der Waals surface area contributed by atoms with Gasteiger partial charge >= 0.3 is 0 Å². The van der Waals surface area contributed by atoms with Crippen molar-refractivity contribution in [2.45, 2.75) is 38.3 Å². The molecule has 7 heteroatoms. The van der Waals surface area contributed by atoms with Crippen LogP contribution in [0.4, 0.5) is 0 Å². The van der Waals surface area contributed by atoms with Gasteiger partial charge in [-0.25, -0.2) is 0 Å². The summed E-state index contributed by atoms with van der Waals surface area (Å²) in [4.78, 5) is 25.1. The summed E-state index contributed by atoms with van der Waals surface area (Å²) in [7, 11) is 1.53. The second-order valence-electron chi connectivity index (χ2n) is 6.65. The number of amides is 2. The van der Waals surface area contributed by atoms with Crippen molar-refractivity contribution >= 4 is 11.8 Å². The van der Waals surface area contributed by atoms with Crippen LogP contribution in [0, 0.1) is 5.92 Å². The molecule has 0 aliphatic heterocycles. The van der Waals surface area contributed by atoms with Gasteiger partial charge in [-0.05, 0) is 11.5 Å². The zero-order valence-corrected chi connectivity index (χ0v) is 15.7. The van der Waals surface area contributed by atoms with E-state index in [1.807, 2.05) is 32.0 Å². The van der Waals surface area contributed by atoms with Crippen LogP contribution in [0.1, 0.15) is 25.8 Å². The lowest BCUT2D eigenvalue weighted by molar-refractivity contribution is -0.144. The quantitative estimate of drug-likeness (QED) is 0.420. The van der Waals surface area contributed by atoms with Crippen molar-refractivity contribution in [2.24, 2.45) is 5.92 Å². The van der Waals surface area contributed by atoms with E-state index in [0.717, 1.165) is 5.56 Å². The van der Waals surface area contributed by atoms with Crippen LogP contribution in [0.2, 0.25) is 0 Å². The van der Waals surface area contributed by atoms with Gasteiger partial charge in [0.2, 0.25) is 5.91 Å². The van der Waals surface area contributed by atoms with Gasteiger partial charge in [0.15, 0.2) is 0 Å². The van der Waals surface area contributed by atoms with Crippen molar-refractivity contribution in [1.29, 1.82) is 0 Å². The third kappa shape index (κ3) is 6.74. The number of hydrogen-bond donors (Lipinski definition) is 4. The first kappa shape index (κ1) is 22.1. The highest BCUT2D eigenvalue weighted by atomic mass is 16.5. The largest absolute Gasteiger partial charge is 0.396 e. The van der Waals surface area contributed by atoms with E-state index in [2.05, 4.69) is 10.6 Å². The summed E-state index contributed by atoms with van der Waals surface area (Å²) in [5.41, 5.74) is -1.03. The number of carbonyl (C=O) groups is 2. The first-order chi connectivity index (χ1) is 12.3. The van der Waals surface area contributed by atoms with Crippen LogP contribution < -0.4 is 10.6 Å². The first-order valence-corrected chi connectivity index (χ1v) is 8.79. The maximum absolute atomic E-state index is 12.7. The van der Waals surface area contributed by atoms with Gasteiger partial charge in [-0.1, -0.05) is 44.2 Å². The Morgan fingerprint density at radius 3 is 2.42 bits per heavy atom. The Kier molecular flexibility index (Phi) is 9.26. The monoisotopic (exact) mass is 366 g/mol. The molecule has 0 radical (unpaired) electrons. The molecule has 1 rings (SSSR count). The molecule has 0 saturated carbocycles. The van der Waals surface area contributed by atoms with Gasteiger partial charge in [-0.2, -0.15) is 0 Å². The number of methoxy groups -OCH3 is 1. The molecule has 1 unspecified atom stereocenters. The van der Waals surface area contributed by atoms with Crippen LogP contribution in [0.3, 0.4) is 0 Å². The predicted molar refractivity (Wildman–Crippen MR) is 98.5 cm³/mol. The van der Waals surface area contributed by atoms with Gasteiger partial charge in [0.05, 0.1) is 6.61 Å². The van der Waals surface area contributed by atoms with E-state index in [1.165, 1.54) is 7.11 Å². The number of hydrogen-bond acceptors (Lipinski definition) is 5. The lowest BCUT2D eigenvalue weighted by Crippen LogP contribution is -2.57. The number of nitrogens with one attached hydrogen (secondary N) is 2. The van der Waals surface area contributed by atoms with E-state index in [0.29, 0.717) is 13.2 Å². The molecule has 2 amide bonds. The second-order valence-corrected chi connectivity index (χ2v) is 6.65. The minimum Gasteiger partial charge on any atom is -0.396 e. The standard InChI is InChI=1S/C19H30N2O5/c1-14(2)16(17(23)20-10-12-26-3)21-18(24)19(25,9-11-22)13-15-7-5-4-6-8-15/h4-8,14,16,22,25H,9-13H2,1-3H3,(H,20,23)(H,21,24)/t16-,19?/m0/s1. The average molecular weight is 366 g/mol. The molecule has 4 N–H and O–H groups in total. The SMILES string of the molecule is COCCNC(=O)[C@@H](NC(=O)C(O)(CCO)Cc1ccccc1)C(C)C. The smallest absolute Gasteiger partial charge is 0.253 e. The molecule has 0 saturated heterocycles. The highest BCUT2D eigenvalue weighted by Gasteiger charge is 2.38. The molecule has 1 aromatic carbocycles. The molecular formula is C19H30N2O5. The molecule has 0 aromatic heterocycles. The fourth-order valence-corrected chi connectivity index (χ4v) is 2.60. The minimum absolute atomic E-state index is 0.0519. The van der Waals surface area contributed by atoms with E-state index in [9.17, 15) is 19.8 Å². The van der Waals surface area contributed by atoms with Crippen molar-refractivity contribution in [1.82, 2.24) is 10.6 Å². The number of aliphatic hydroxyl groups excluding tert-OH is 1. The third-order valence-electron chi connectivity index (χ3n) is 4.13. The van der Waals surface area contributed by atoms with E-state index in [1.54, 1.807) is 12.1 Å². The second kappa shape index (κ2) is 10.9. The number of aliphatic hydroxyl groups is 2.